The minimum Gasteiger partial charge on any atom is -0.396 e. The van der Waals surface area contributed by atoms with E-state index in [0.29, 0.717) is 23.0 Å². The van der Waals surface area contributed by atoms with Crippen LogP contribution < -0.4 is 0 Å². The lowest BCUT2D eigenvalue weighted by atomic mass is 9.98. The van der Waals surface area contributed by atoms with Crippen LogP contribution in [-0.4, -0.2) is 42.0 Å². The Kier molecular flexibility index (Phi) is 4.75. The predicted octanol–water partition coefficient (Wildman–Crippen LogP) is 2.23. The molecule has 0 saturated carbocycles. The molecule has 1 atom stereocenters. The first kappa shape index (κ1) is 13.5. The third-order valence-electron chi connectivity index (χ3n) is 3.38. The number of benzene rings is 1. The van der Waals surface area contributed by atoms with Crippen molar-refractivity contribution in [3.63, 3.8) is 0 Å². The second kappa shape index (κ2) is 6.32. The van der Waals surface area contributed by atoms with Crippen LogP contribution in [0.15, 0.2) is 24.3 Å². The van der Waals surface area contributed by atoms with Gasteiger partial charge in [-0.1, -0.05) is 23.7 Å². The summed E-state index contributed by atoms with van der Waals surface area (Å²) in [5.74, 6) is 0.405. The molecular formula is C14H18ClNO2. The average Bonchev–Trinajstić information content (AvgIpc) is 2.39. The number of hydrogen-bond acceptors (Lipinski definition) is 3. The molecule has 1 fully saturated rings. The van der Waals surface area contributed by atoms with E-state index in [1.165, 1.54) is 0 Å². The van der Waals surface area contributed by atoms with Crippen molar-refractivity contribution in [3.8, 4) is 0 Å². The molecule has 3 nitrogen and oxygen atoms in total. The summed E-state index contributed by atoms with van der Waals surface area (Å²) in [6.45, 7) is 2.37. The number of aliphatic hydroxyl groups excluding tert-OH is 1. The summed E-state index contributed by atoms with van der Waals surface area (Å²) in [4.78, 5) is 14.2. The first-order chi connectivity index (χ1) is 8.69. The number of carbonyl (C=O) groups excluding carboxylic acids is 1. The van der Waals surface area contributed by atoms with E-state index in [2.05, 4.69) is 4.90 Å². The lowest BCUT2D eigenvalue weighted by molar-refractivity contribution is 0.0833. The Balaban J connectivity index is 1.95. The van der Waals surface area contributed by atoms with E-state index in [1.807, 2.05) is 0 Å². The van der Waals surface area contributed by atoms with Crippen molar-refractivity contribution in [3.05, 3.63) is 34.9 Å². The third kappa shape index (κ3) is 3.55. The number of rotatable bonds is 4. The summed E-state index contributed by atoms with van der Waals surface area (Å²) in [5, 5.41) is 9.76. The maximum atomic E-state index is 12.1. The highest BCUT2D eigenvalue weighted by molar-refractivity contribution is 6.31. The topological polar surface area (TPSA) is 40.5 Å². The molecule has 0 aliphatic carbocycles. The van der Waals surface area contributed by atoms with E-state index in [-0.39, 0.29) is 12.4 Å². The Morgan fingerprint density at radius 2 is 2.33 bits per heavy atom. The molecule has 0 spiro atoms. The molecule has 1 unspecified atom stereocenters. The molecule has 0 amide bonds. The van der Waals surface area contributed by atoms with E-state index >= 15 is 0 Å². The van der Waals surface area contributed by atoms with E-state index in [4.69, 9.17) is 16.7 Å². The molecule has 0 radical (unpaired) electrons. The van der Waals surface area contributed by atoms with Gasteiger partial charge in [-0.15, -0.1) is 0 Å². The number of piperidine rings is 1. The Hall–Kier alpha value is -0.900. The van der Waals surface area contributed by atoms with Gasteiger partial charge >= 0.3 is 0 Å². The van der Waals surface area contributed by atoms with Crippen LogP contribution in [0, 0.1) is 5.92 Å². The van der Waals surface area contributed by atoms with Gasteiger partial charge in [-0.3, -0.25) is 9.69 Å². The number of carbonyl (C=O) groups is 1. The fourth-order valence-electron chi connectivity index (χ4n) is 2.40. The molecule has 18 heavy (non-hydrogen) atoms. The highest BCUT2D eigenvalue weighted by Gasteiger charge is 2.21. The number of Topliss-reactive ketones (excluding diaryl/α,β-unsaturated/α-hetero) is 1. The second-order valence-corrected chi connectivity index (χ2v) is 5.30. The van der Waals surface area contributed by atoms with Crippen LogP contribution in [0.2, 0.25) is 5.02 Å². The van der Waals surface area contributed by atoms with Crippen LogP contribution in [0.25, 0.3) is 0 Å². The normalized spacial score (nSPS) is 20.9. The molecule has 4 heteroatoms. The van der Waals surface area contributed by atoms with Gasteiger partial charge < -0.3 is 5.11 Å². The number of likely N-dealkylation sites (tertiary alicyclic amines) is 1. The molecule has 1 aliphatic rings. The van der Waals surface area contributed by atoms with Crippen LogP contribution >= 0.6 is 11.6 Å². The fraction of sp³-hybridized carbons (Fsp3) is 0.500. The molecular weight excluding hydrogens is 250 g/mol. The quantitative estimate of drug-likeness (QED) is 0.851. The lowest BCUT2D eigenvalue weighted by Crippen LogP contribution is -2.39. The maximum Gasteiger partial charge on any atom is 0.176 e. The van der Waals surface area contributed by atoms with Crippen LogP contribution in [-0.2, 0) is 0 Å². The Bertz CT molecular complexity index is 422. The molecule has 2 rings (SSSR count). The van der Waals surface area contributed by atoms with Crippen LogP contribution in [0.4, 0.5) is 0 Å². The first-order valence-electron chi connectivity index (χ1n) is 6.31. The third-order valence-corrected chi connectivity index (χ3v) is 3.61. The van der Waals surface area contributed by atoms with Gasteiger partial charge in [-0.25, -0.2) is 0 Å². The summed E-state index contributed by atoms with van der Waals surface area (Å²) < 4.78 is 0. The van der Waals surface area contributed by atoms with Gasteiger partial charge in [0, 0.05) is 23.7 Å². The Morgan fingerprint density at radius 3 is 3.06 bits per heavy atom. The standard InChI is InChI=1S/C14H18ClNO2/c15-13-5-1-4-12(7-13)14(18)9-16-6-2-3-11(8-16)10-17/h1,4-5,7,11,17H,2-3,6,8-10H2. The van der Waals surface area contributed by atoms with Gasteiger partial charge in [0.05, 0.1) is 6.54 Å². The Labute approximate surface area is 112 Å². The molecule has 0 aromatic heterocycles. The molecule has 1 N–H and O–H groups in total. The van der Waals surface area contributed by atoms with Crippen molar-refractivity contribution >= 4 is 17.4 Å². The molecule has 1 aromatic rings. The first-order valence-corrected chi connectivity index (χ1v) is 6.69. The zero-order valence-corrected chi connectivity index (χ0v) is 11.1. The predicted molar refractivity (Wildman–Crippen MR) is 72.0 cm³/mol. The summed E-state index contributed by atoms with van der Waals surface area (Å²) in [6, 6.07) is 7.06. The number of nitrogens with zero attached hydrogens (tertiary/aromatic N) is 1. The van der Waals surface area contributed by atoms with Gasteiger partial charge in [0.15, 0.2) is 5.78 Å². The number of hydrogen-bond donors (Lipinski definition) is 1. The van der Waals surface area contributed by atoms with Crippen LogP contribution in [0.5, 0.6) is 0 Å². The minimum absolute atomic E-state index is 0.0936. The molecule has 98 valence electrons. The summed E-state index contributed by atoms with van der Waals surface area (Å²) in [6.07, 6.45) is 2.10. The lowest BCUT2D eigenvalue weighted by Gasteiger charge is -2.31. The van der Waals surface area contributed by atoms with Gasteiger partial charge in [0.25, 0.3) is 0 Å². The van der Waals surface area contributed by atoms with Crippen molar-refractivity contribution < 1.29 is 9.90 Å². The molecule has 1 saturated heterocycles. The van der Waals surface area contributed by atoms with E-state index in [0.717, 1.165) is 25.9 Å². The maximum absolute atomic E-state index is 12.1. The van der Waals surface area contributed by atoms with Gasteiger partial charge in [0.1, 0.15) is 0 Å². The highest BCUT2D eigenvalue weighted by atomic mass is 35.5. The van der Waals surface area contributed by atoms with Crippen molar-refractivity contribution in [1.82, 2.24) is 4.90 Å². The van der Waals surface area contributed by atoms with Crippen molar-refractivity contribution in [2.75, 3.05) is 26.2 Å². The summed E-state index contributed by atoms with van der Waals surface area (Å²) in [5.41, 5.74) is 0.661. The summed E-state index contributed by atoms with van der Waals surface area (Å²) >= 11 is 5.88. The second-order valence-electron chi connectivity index (χ2n) is 4.86. The molecule has 1 heterocycles. The van der Waals surface area contributed by atoms with E-state index < -0.39 is 0 Å². The average molecular weight is 268 g/mol. The summed E-state index contributed by atoms with van der Waals surface area (Å²) in [7, 11) is 0. The Morgan fingerprint density at radius 1 is 1.50 bits per heavy atom. The molecule has 1 aromatic carbocycles. The number of ketones is 1. The van der Waals surface area contributed by atoms with Crippen molar-refractivity contribution in [2.45, 2.75) is 12.8 Å². The van der Waals surface area contributed by atoms with Crippen LogP contribution in [0.1, 0.15) is 23.2 Å². The van der Waals surface area contributed by atoms with Crippen LogP contribution in [0.3, 0.4) is 0 Å². The smallest absolute Gasteiger partial charge is 0.176 e. The SMILES string of the molecule is O=C(CN1CCCC(CO)C1)c1cccc(Cl)c1. The van der Waals surface area contributed by atoms with Gasteiger partial charge in [-0.05, 0) is 37.4 Å². The zero-order valence-electron chi connectivity index (χ0n) is 10.3. The van der Waals surface area contributed by atoms with Gasteiger partial charge in [-0.2, -0.15) is 0 Å². The fourth-order valence-corrected chi connectivity index (χ4v) is 2.59. The highest BCUT2D eigenvalue weighted by Crippen LogP contribution is 2.17. The van der Waals surface area contributed by atoms with E-state index in [9.17, 15) is 4.79 Å². The minimum atomic E-state index is 0.0936. The molecule has 0 bridgehead atoms. The monoisotopic (exact) mass is 267 g/mol. The number of halogens is 1. The van der Waals surface area contributed by atoms with E-state index in [1.54, 1.807) is 24.3 Å². The molecule has 1 aliphatic heterocycles. The number of aliphatic hydroxyl groups is 1. The largest absolute Gasteiger partial charge is 0.396 e. The van der Waals surface area contributed by atoms with Gasteiger partial charge in [0.2, 0.25) is 0 Å². The van der Waals surface area contributed by atoms with Crippen molar-refractivity contribution in [2.24, 2.45) is 5.92 Å². The zero-order chi connectivity index (χ0) is 13.0. The van der Waals surface area contributed by atoms with Crippen molar-refractivity contribution in [1.29, 1.82) is 0 Å².